The normalized spacial score (nSPS) is 10.3. The van der Waals surface area contributed by atoms with Crippen molar-refractivity contribution in [1.82, 2.24) is 4.98 Å². The van der Waals surface area contributed by atoms with E-state index in [0.717, 1.165) is 10.0 Å². The maximum atomic E-state index is 13.5. The van der Waals surface area contributed by atoms with E-state index in [1.54, 1.807) is 24.4 Å². The van der Waals surface area contributed by atoms with Gasteiger partial charge >= 0.3 is 0 Å². The molecule has 0 aliphatic heterocycles. The highest BCUT2D eigenvalue weighted by Gasteiger charge is 2.06. The molecule has 1 aromatic heterocycles. The van der Waals surface area contributed by atoms with Gasteiger partial charge in [0.1, 0.15) is 5.82 Å². The molecule has 0 radical (unpaired) electrons. The first kappa shape index (κ1) is 11.9. The number of aryl methyl sites for hydroxylation is 1. The topological polar surface area (TPSA) is 50.9 Å². The van der Waals surface area contributed by atoms with Crippen molar-refractivity contribution in [3.05, 3.63) is 46.3 Å². The van der Waals surface area contributed by atoms with E-state index in [2.05, 4.69) is 26.2 Å². The zero-order chi connectivity index (χ0) is 12.4. The number of anilines is 3. The predicted octanol–water partition coefficient (Wildman–Crippen LogP) is 3.62. The molecule has 0 aliphatic carbocycles. The number of nitrogen functional groups attached to an aromatic ring is 1. The van der Waals surface area contributed by atoms with Gasteiger partial charge in [-0.1, -0.05) is 15.9 Å². The SMILES string of the molecule is Cc1cnc(Nc2cc(Br)ccc2F)c(N)c1. The van der Waals surface area contributed by atoms with Gasteiger partial charge in [-0.3, -0.25) is 0 Å². The van der Waals surface area contributed by atoms with Gasteiger partial charge in [0.05, 0.1) is 11.4 Å². The fourth-order valence-corrected chi connectivity index (χ4v) is 1.78. The standard InChI is InChI=1S/C12H11BrFN3/c1-7-4-10(15)12(16-6-7)17-11-5-8(13)2-3-9(11)14/h2-6H,15H2,1H3,(H,16,17). The van der Waals surface area contributed by atoms with Gasteiger partial charge in [0.25, 0.3) is 0 Å². The summed E-state index contributed by atoms with van der Waals surface area (Å²) in [6, 6.07) is 6.42. The molecule has 2 rings (SSSR count). The second kappa shape index (κ2) is 4.71. The van der Waals surface area contributed by atoms with Crippen molar-refractivity contribution in [2.75, 3.05) is 11.1 Å². The van der Waals surface area contributed by atoms with Gasteiger partial charge in [-0.15, -0.1) is 0 Å². The van der Waals surface area contributed by atoms with E-state index in [4.69, 9.17) is 5.73 Å². The Hall–Kier alpha value is -1.62. The first-order chi connectivity index (χ1) is 8.06. The fraction of sp³-hybridized carbons (Fsp3) is 0.0833. The Morgan fingerprint density at radius 1 is 1.35 bits per heavy atom. The quantitative estimate of drug-likeness (QED) is 0.890. The van der Waals surface area contributed by atoms with Crippen molar-refractivity contribution >= 4 is 33.1 Å². The Morgan fingerprint density at radius 3 is 2.82 bits per heavy atom. The summed E-state index contributed by atoms with van der Waals surface area (Å²) < 4.78 is 14.3. The highest BCUT2D eigenvalue weighted by atomic mass is 79.9. The van der Waals surface area contributed by atoms with Crippen LogP contribution in [-0.2, 0) is 0 Å². The molecule has 0 spiro atoms. The summed E-state index contributed by atoms with van der Waals surface area (Å²) in [4.78, 5) is 4.13. The molecule has 2 aromatic rings. The molecule has 3 nitrogen and oxygen atoms in total. The van der Waals surface area contributed by atoms with Gasteiger partial charge in [-0.25, -0.2) is 9.37 Å². The monoisotopic (exact) mass is 295 g/mol. The molecule has 1 heterocycles. The van der Waals surface area contributed by atoms with Crippen LogP contribution in [0.4, 0.5) is 21.6 Å². The Bertz CT molecular complexity index is 557. The molecule has 0 saturated heterocycles. The number of halogens is 2. The lowest BCUT2D eigenvalue weighted by atomic mass is 10.2. The number of nitrogens with zero attached hydrogens (tertiary/aromatic N) is 1. The van der Waals surface area contributed by atoms with E-state index < -0.39 is 0 Å². The van der Waals surface area contributed by atoms with Crippen LogP contribution in [0.5, 0.6) is 0 Å². The van der Waals surface area contributed by atoms with E-state index in [9.17, 15) is 4.39 Å². The molecule has 0 fully saturated rings. The zero-order valence-corrected chi connectivity index (χ0v) is 10.8. The summed E-state index contributed by atoms with van der Waals surface area (Å²) in [6.45, 7) is 1.90. The summed E-state index contributed by atoms with van der Waals surface area (Å²) in [5.41, 5.74) is 7.58. The molecule has 0 saturated carbocycles. The third-order valence-electron chi connectivity index (χ3n) is 2.24. The minimum Gasteiger partial charge on any atom is -0.396 e. The van der Waals surface area contributed by atoms with Gasteiger partial charge in [0.15, 0.2) is 5.82 Å². The fourth-order valence-electron chi connectivity index (χ4n) is 1.42. The number of rotatable bonds is 2. The average molecular weight is 296 g/mol. The third-order valence-corrected chi connectivity index (χ3v) is 2.73. The second-order valence-electron chi connectivity index (χ2n) is 3.70. The molecule has 0 aliphatic rings. The molecule has 0 bridgehead atoms. The van der Waals surface area contributed by atoms with Crippen molar-refractivity contribution in [2.24, 2.45) is 0 Å². The lowest BCUT2D eigenvalue weighted by molar-refractivity contribution is 0.631. The van der Waals surface area contributed by atoms with E-state index in [1.165, 1.54) is 6.07 Å². The average Bonchev–Trinajstić information content (AvgIpc) is 2.27. The highest BCUT2D eigenvalue weighted by Crippen LogP contribution is 2.25. The Balaban J connectivity index is 2.34. The maximum absolute atomic E-state index is 13.5. The van der Waals surface area contributed by atoms with Crippen LogP contribution in [0.15, 0.2) is 34.9 Å². The molecular weight excluding hydrogens is 285 g/mol. The number of pyridine rings is 1. The largest absolute Gasteiger partial charge is 0.396 e. The van der Waals surface area contributed by atoms with Crippen molar-refractivity contribution in [3.63, 3.8) is 0 Å². The summed E-state index contributed by atoms with van der Waals surface area (Å²) in [6.07, 6.45) is 1.68. The summed E-state index contributed by atoms with van der Waals surface area (Å²) in [7, 11) is 0. The van der Waals surface area contributed by atoms with Crippen LogP contribution in [0.2, 0.25) is 0 Å². The van der Waals surface area contributed by atoms with E-state index >= 15 is 0 Å². The van der Waals surface area contributed by atoms with Crippen LogP contribution in [-0.4, -0.2) is 4.98 Å². The molecule has 0 unspecified atom stereocenters. The van der Waals surface area contributed by atoms with Gasteiger partial charge < -0.3 is 11.1 Å². The number of aromatic nitrogens is 1. The number of hydrogen-bond donors (Lipinski definition) is 2. The third kappa shape index (κ3) is 2.74. The minimum atomic E-state index is -0.352. The van der Waals surface area contributed by atoms with E-state index in [1.807, 2.05) is 6.92 Å². The summed E-state index contributed by atoms with van der Waals surface area (Å²) in [5.74, 6) is 0.0996. The minimum absolute atomic E-state index is 0.336. The van der Waals surface area contributed by atoms with Crippen molar-refractivity contribution in [3.8, 4) is 0 Å². The van der Waals surface area contributed by atoms with Gasteiger partial charge in [-0.05, 0) is 36.8 Å². The van der Waals surface area contributed by atoms with Crippen molar-refractivity contribution < 1.29 is 4.39 Å². The molecule has 88 valence electrons. The van der Waals surface area contributed by atoms with Gasteiger partial charge in [0, 0.05) is 10.7 Å². The maximum Gasteiger partial charge on any atom is 0.153 e. The number of nitrogens with two attached hydrogens (primary N) is 1. The smallest absolute Gasteiger partial charge is 0.153 e. The number of nitrogens with one attached hydrogen (secondary N) is 1. The van der Waals surface area contributed by atoms with Crippen LogP contribution in [0, 0.1) is 12.7 Å². The molecule has 3 N–H and O–H groups in total. The predicted molar refractivity (Wildman–Crippen MR) is 70.8 cm³/mol. The Kier molecular flexibility index (Phi) is 3.28. The van der Waals surface area contributed by atoms with E-state index in [0.29, 0.717) is 17.2 Å². The van der Waals surface area contributed by atoms with Crippen LogP contribution in [0.25, 0.3) is 0 Å². The number of benzene rings is 1. The lowest BCUT2D eigenvalue weighted by Crippen LogP contribution is -2.01. The Morgan fingerprint density at radius 2 is 2.12 bits per heavy atom. The first-order valence-corrected chi connectivity index (χ1v) is 5.80. The summed E-state index contributed by atoms with van der Waals surface area (Å²) >= 11 is 3.28. The van der Waals surface area contributed by atoms with Crippen LogP contribution >= 0.6 is 15.9 Å². The van der Waals surface area contributed by atoms with Crippen LogP contribution < -0.4 is 11.1 Å². The molecule has 1 aromatic carbocycles. The highest BCUT2D eigenvalue weighted by molar-refractivity contribution is 9.10. The summed E-state index contributed by atoms with van der Waals surface area (Å²) in [5, 5.41) is 2.87. The molecular formula is C12H11BrFN3. The van der Waals surface area contributed by atoms with Gasteiger partial charge in [0.2, 0.25) is 0 Å². The van der Waals surface area contributed by atoms with Crippen molar-refractivity contribution in [2.45, 2.75) is 6.92 Å². The van der Waals surface area contributed by atoms with Crippen LogP contribution in [0.1, 0.15) is 5.56 Å². The molecule has 17 heavy (non-hydrogen) atoms. The van der Waals surface area contributed by atoms with Gasteiger partial charge in [-0.2, -0.15) is 0 Å². The lowest BCUT2D eigenvalue weighted by Gasteiger charge is -2.09. The second-order valence-corrected chi connectivity index (χ2v) is 4.62. The molecule has 0 amide bonds. The first-order valence-electron chi connectivity index (χ1n) is 5.00. The van der Waals surface area contributed by atoms with Crippen molar-refractivity contribution in [1.29, 1.82) is 0 Å². The van der Waals surface area contributed by atoms with Crippen LogP contribution in [0.3, 0.4) is 0 Å². The molecule has 5 heteroatoms. The van der Waals surface area contributed by atoms with E-state index in [-0.39, 0.29) is 5.82 Å². The molecule has 0 atom stereocenters. The zero-order valence-electron chi connectivity index (χ0n) is 9.17. The Labute approximate surface area is 107 Å². The number of hydrogen-bond acceptors (Lipinski definition) is 3.